The standard InChI is InChI=1S/C54H106N2O7/c1-6-10-14-18-22-26-31-49(32-27-23-19-15-11-7-2)46-62-53(58)37-43-60-48-52(45-55(5)39-40-56(41-42-57)51-35-30-36-51)61-44-38-54(59)63-47-50(33-28-24-20-16-12-8-3)34-29-25-21-17-13-9-4/h49-52,57H,6-48H2,1-5H3. The molecular weight excluding hydrogens is 789 g/mol. The van der Waals surface area contributed by atoms with Crippen molar-refractivity contribution in [1.29, 1.82) is 0 Å². The maximum atomic E-state index is 13.0. The number of unbranched alkanes of at least 4 members (excludes halogenated alkanes) is 20. The largest absolute Gasteiger partial charge is 0.465 e. The number of rotatable bonds is 49. The maximum absolute atomic E-state index is 13.0. The first kappa shape index (κ1) is 59.8. The number of aliphatic hydroxyl groups excluding tert-OH is 1. The molecule has 1 N–H and O–H groups in total. The number of nitrogens with zero attached hydrogens (tertiary/aromatic N) is 2. The molecule has 0 radical (unpaired) electrons. The molecule has 1 atom stereocenters. The van der Waals surface area contributed by atoms with Gasteiger partial charge in [0.2, 0.25) is 0 Å². The minimum atomic E-state index is -0.249. The molecule has 63 heavy (non-hydrogen) atoms. The molecule has 0 saturated heterocycles. The van der Waals surface area contributed by atoms with Gasteiger partial charge in [-0.05, 0) is 57.4 Å². The van der Waals surface area contributed by atoms with Gasteiger partial charge in [-0.15, -0.1) is 0 Å². The molecule has 0 heterocycles. The highest BCUT2D eigenvalue weighted by atomic mass is 16.6. The van der Waals surface area contributed by atoms with E-state index in [9.17, 15) is 14.7 Å². The molecular formula is C54H106N2O7. The smallest absolute Gasteiger partial charge is 0.308 e. The lowest BCUT2D eigenvalue weighted by Crippen LogP contribution is -2.46. The Hall–Kier alpha value is -1.26. The van der Waals surface area contributed by atoms with Crippen LogP contribution in [0, 0.1) is 11.8 Å². The Labute approximate surface area is 390 Å². The van der Waals surface area contributed by atoms with Crippen LogP contribution in [0.1, 0.15) is 240 Å². The number of ether oxygens (including phenoxy) is 4. The Bertz CT molecular complexity index is 965. The zero-order valence-electron chi connectivity index (χ0n) is 42.5. The summed E-state index contributed by atoms with van der Waals surface area (Å²) in [6.07, 6.45) is 39.3. The van der Waals surface area contributed by atoms with Crippen LogP contribution in [0.4, 0.5) is 0 Å². The van der Waals surface area contributed by atoms with E-state index in [0.717, 1.165) is 38.8 Å². The number of carbonyl (C=O) groups is 2. The monoisotopic (exact) mass is 895 g/mol. The summed E-state index contributed by atoms with van der Waals surface area (Å²) < 4.78 is 24.2. The van der Waals surface area contributed by atoms with E-state index in [1.54, 1.807) is 0 Å². The third kappa shape index (κ3) is 36.5. The van der Waals surface area contributed by atoms with Crippen molar-refractivity contribution in [2.75, 3.05) is 72.9 Å². The maximum Gasteiger partial charge on any atom is 0.308 e. The van der Waals surface area contributed by atoms with Crippen molar-refractivity contribution < 1.29 is 33.6 Å². The molecule has 0 bridgehead atoms. The summed E-state index contributed by atoms with van der Waals surface area (Å²) in [7, 11) is 2.10. The normalized spacial score (nSPS) is 13.7. The van der Waals surface area contributed by atoms with Crippen molar-refractivity contribution in [3.8, 4) is 0 Å². The van der Waals surface area contributed by atoms with Crippen LogP contribution >= 0.6 is 0 Å². The number of esters is 2. The Morgan fingerprint density at radius 3 is 1.35 bits per heavy atom. The molecule has 1 unspecified atom stereocenters. The summed E-state index contributed by atoms with van der Waals surface area (Å²) in [5.74, 6) is 0.504. The fraction of sp³-hybridized carbons (Fsp3) is 0.963. The third-order valence-corrected chi connectivity index (χ3v) is 13.5. The first-order valence-corrected chi connectivity index (χ1v) is 27.4. The molecule has 0 aromatic heterocycles. The molecule has 1 aliphatic carbocycles. The first-order valence-electron chi connectivity index (χ1n) is 27.4. The fourth-order valence-corrected chi connectivity index (χ4v) is 8.97. The van der Waals surface area contributed by atoms with Gasteiger partial charge in [-0.25, -0.2) is 0 Å². The average Bonchev–Trinajstić information content (AvgIpc) is 3.26. The quantitative estimate of drug-likeness (QED) is 0.0473. The molecule has 0 spiro atoms. The van der Waals surface area contributed by atoms with Crippen molar-refractivity contribution in [2.24, 2.45) is 11.8 Å². The number of hydrogen-bond acceptors (Lipinski definition) is 9. The van der Waals surface area contributed by atoms with E-state index in [-0.39, 0.29) is 50.7 Å². The minimum absolute atomic E-state index is 0.177. The molecule has 374 valence electrons. The summed E-state index contributed by atoms with van der Waals surface area (Å²) in [4.78, 5) is 30.6. The number of carbonyl (C=O) groups excluding carboxylic acids is 2. The molecule has 0 aromatic rings. The van der Waals surface area contributed by atoms with Crippen LogP contribution in [0.15, 0.2) is 0 Å². The van der Waals surface area contributed by atoms with Gasteiger partial charge in [0.1, 0.15) is 0 Å². The van der Waals surface area contributed by atoms with Crippen molar-refractivity contribution in [1.82, 2.24) is 9.80 Å². The van der Waals surface area contributed by atoms with Crippen LogP contribution in [0.25, 0.3) is 0 Å². The van der Waals surface area contributed by atoms with E-state index in [4.69, 9.17) is 18.9 Å². The molecule has 1 rings (SSSR count). The predicted molar refractivity (Wildman–Crippen MR) is 264 cm³/mol. The molecule has 1 fully saturated rings. The highest BCUT2D eigenvalue weighted by Crippen LogP contribution is 2.25. The lowest BCUT2D eigenvalue weighted by molar-refractivity contribution is -0.149. The Morgan fingerprint density at radius 1 is 0.540 bits per heavy atom. The van der Waals surface area contributed by atoms with Crippen molar-refractivity contribution in [2.45, 2.75) is 252 Å². The lowest BCUT2D eigenvalue weighted by Gasteiger charge is -2.38. The first-order chi connectivity index (χ1) is 30.9. The fourth-order valence-electron chi connectivity index (χ4n) is 8.97. The summed E-state index contributed by atoms with van der Waals surface area (Å²) in [5, 5.41) is 9.67. The lowest BCUT2D eigenvalue weighted by atomic mass is 9.91. The second-order valence-electron chi connectivity index (χ2n) is 19.5. The number of likely N-dealkylation sites (N-methyl/N-ethyl adjacent to an activating group) is 1. The van der Waals surface area contributed by atoms with Crippen LogP contribution in [-0.4, -0.2) is 112 Å². The van der Waals surface area contributed by atoms with Crippen LogP contribution in [0.3, 0.4) is 0 Å². The Kier molecular flexibility index (Phi) is 42.3. The molecule has 1 aliphatic rings. The van der Waals surface area contributed by atoms with E-state index < -0.39 is 0 Å². The second kappa shape index (κ2) is 44.6. The van der Waals surface area contributed by atoms with Gasteiger partial charge >= 0.3 is 11.9 Å². The Morgan fingerprint density at radius 2 is 0.952 bits per heavy atom. The third-order valence-electron chi connectivity index (χ3n) is 13.5. The van der Waals surface area contributed by atoms with Crippen LogP contribution < -0.4 is 0 Å². The SMILES string of the molecule is CCCCCCCCC(CCCCCCCC)COC(=O)CCOCC(CN(C)CCN(CCO)C1CCC1)OCCC(=O)OCC(CCCCCCCC)CCCCCCCC. The van der Waals surface area contributed by atoms with Crippen molar-refractivity contribution in [3.05, 3.63) is 0 Å². The van der Waals surface area contributed by atoms with Crippen LogP contribution in [-0.2, 0) is 28.5 Å². The second-order valence-corrected chi connectivity index (χ2v) is 19.5. The van der Waals surface area contributed by atoms with Gasteiger partial charge in [-0.3, -0.25) is 14.5 Å². The van der Waals surface area contributed by atoms with Crippen LogP contribution in [0.5, 0.6) is 0 Å². The van der Waals surface area contributed by atoms with E-state index in [2.05, 4.69) is 44.5 Å². The summed E-state index contributed by atoms with van der Waals surface area (Å²) in [6, 6.07) is 0.573. The van der Waals surface area contributed by atoms with Gasteiger partial charge in [-0.2, -0.15) is 0 Å². The zero-order valence-corrected chi connectivity index (χ0v) is 42.5. The summed E-state index contributed by atoms with van der Waals surface area (Å²) >= 11 is 0. The van der Waals surface area contributed by atoms with E-state index in [1.165, 1.54) is 173 Å². The molecule has 0 aromatic carbocycles. The van der Waals surface area contributed by atoms with Gasteiger partial charge in [0.05, 0.1) is 58.6 Å². The topological polar surface area (TPSA) is 97.8 Å². The molecule has 0 aliphatic heterocycles. The van der Waals surface area contributed by atoms with Gasteiger partial charge in [0.15, 0.2) is 0 Å². The minimum Gasteiger partial charge on any atom is -0.465 e. The van der Waals surface area contributed by atoms with E-state index in [1.807, 2.05) is 0 Å². The van der Waals surface area contributed by atoms with Gasteiger partial charge in [0.25, 0.3) is 0 Å². The molecule has 1 saturated carbocycles. The Balaban J connectivity index is 2.67. The highest BCUT2D eigenvalue weighted by Gasteiger charge is 2.25. The molecule has 9 heteroatoms. The number of aliphatic hydroxyl groups is 1. The summed E-state index contributed by atoms with van der Waals surface area (Å²) in [6.45, 7) is 14.3. The van der Waals surface area contributed by atoms with Crippen molar-refractivity contribution in [3.63, 3.8) is 0 Å². The highest BCUT2D eigenvalue weighted by molar-refractivity contribution is 5.69. The van der Waals surface area contributed by atoms with Gasteiger partial charge < -0.3 is 29.0 Å². The van der Waals surface area contributed by atoms with Crippen molar-refractivity contribution >= 4 is 11.9 Å². The van der Waals surface area contributed by atoms with Gasteiger partial charge in [-0.1, -0.05) is 188 Å². The average molecular weight is 895 g/mol. The van der Waals surface area contributed by atoms with Crippen LogP contribution in [0.2, 0.25) is 0 Å². The van der Waals surface area contributed by atoms with E-state index >= 15 is 0 Å². The van der Waals surface area contributed by atoms with Gasteiger partial charge in [0, 0.05) is 32.2 Å². The molecule has 9 nitrogen and oxygen atoms in total. The summed E-state index contributed by atoms with van der Waals surface area (Å²) in [5.41, 5.74) is 0. The predicted octanol–water partition coefficient (Wildman–Crippen LogP) is 13.3. The molecule has 0 amide bonds. The number of hydrogen-bond donors (Lipinski definition) is 1. The van der Waals surface area contributed by atoms with E-state index in [0.29, 0.717) is 50.8 Å². The zero-order chi connectivity index (χ0) is 45.9.